The van der Waals surface area contributed by atoms with Crippen LogP contribution in [0.15, 0.2) is 79.0 Å². The molecule has 3 aromatic carbocycles. The van der Waals surface area contributed by atoms with Crippen LogP contribution in [0, 0.1) is 0 Å². The standard InChI is InChI=1S/C30H30ClF3N4O2/c1-20(2)38(29(40)36-25-7-5-6-24(31)16-25)19-28(39)37(18-21-10-12-23(13-11-21)30(32,33)34)15-14-22-17-35-27-9-4-3-8-26(22)27/h3-13,16-17,20,35H,14-15,18-19H2,1-2H3,(H,36,40). The van der Waals surface area contributed by atoms with Crippen molar-refractivity contribution >= 4 is 40.1 Å². The number of carbonyl (C=O) groups is 2. The number of para-hydroxylation sites is 1. The molecule has 40 heavy (non-hydrogen) atoms. The Kier molecular flexibility index (Phi) is 9.04. The summed E-state index contributed by atoms with van der Waals surface area (Å²) in [5, 5.41) is 4.27. The minimum atomic E-state index is -4.45. The molecule has 0 aliphatic carbocycles. The molecule has 0 aliphatic rings. The fraction of sp³-hybridized carbons (Fsp3) is 0.267. The molecule has 210 valence electrons. The monoisotopic (exact) mass is 570 g/mol. The van der Waals surface area contributed by atoms with Gasteiger partial charge in [0.15, 0.2) is 0 Å². The summed E-state index contributed by atoms with van der Waals surface area (Å²) in [7, 11) is 0. The summed E-state index contributed by atoms with van der Waals surface area (Å²) in [6.45, 7) is 3.80. The number of nitrogens with one attached hydrogen (secondary N) is 2. The molecule has 0 radical (unpaired) electrons. The summed E-state index contributed by atoms with van der Waals surface area (Å²) >= 11 is 6.03. The number of alkyl halides is 3. The van der Waals surface area contributed by atoms with Crippen molar-refractivity contribution in [2.75, 3.05) is 18.4 Å². The normalized spacial score (nSPS) is 11.6. The molecule has 0 saturated heterocycles. The van der Waals surface area contributed by atoms with Crippen molar-refractivity contribution in [3.63, 3.8) is 0 Å². The van der Waals surface area contributed by atoms with Gasteiger partial charge in [0, 0.05) is 46.9 Å². The number of H-pyrrole nitrogens is 1. The SMILES string of the molecule is CC(C)N(CC(=O)N(CCc1c[nH]c2ccccc12)Cc1ccc(C(F)(F)F)cc1)C(=O)Nc1cccc(Cl)c1. The van der Waals surface area contributed by atoms with Crippen LogP contribution in [0.25, 0.3) is 10.9 Å². The van der Waals surface area contributed by atoms with Gasteiger partial charge in [-0.05, 0) is 67.8 Å². The molecule has 6 nitrogen and oxygen atoms in total. The van der Waals surface area contributed by atoms with Crippen molar-refractivity contribution in [3.8, 4) is 0 Å². The van der Waals surface area contributed by atoms with Crippen LogP contribution in [0.1, 0.15) is 30.5 Å². The lowest BCUT2D eigenvalue weighted by atomic mass is 10.1. The molecule has 1 aromatic heterocycles. The highest BCUT2D eigenvalue weighted by Gasteiger charge is 2.30. The van der Waals surface area contributed by atoms with E-state index in [4.69, 9.17) is 11.6 Å². The van der Waals surface area contributed by atoms with Crippen molar-refractivity contribution in [1.82, 2.24) is 14.8 Å². The van der Waals surface area contributed by atoms with E-state index in [0.29, 0.717) is 29.2 Å². The Labute approximate surface area is 235 Å². The number of aromatic nitrogens is 1. The molecule has 10 heteroatoms. The number of benzene rings is 3. The molecular weight excluding hydrogens is 541 g/mol. The first-order valence-corrected chi connectivity index (χ1v) is 13.2. The minimum absolute atomic E-state index is 0.0984. The van der Waals surface area contributed by atoms with Gasteiger partial charge < -0.3 is 20.1 Å². The Morgan fingerprint density at radius 1 is 1.00 bits per heavy atom. The highest BCUT2D eigenvalue weighted by molar-refractivity contribution is 6.30. The van der Waals surface area contributed by atoms with Gasteiger partial charge in [0.05, 0.1) is 5.56 Å². The largest absolute Gasteiger partial charge is 0.416 e. The molecule has 0 bridgehead atoms. The van der Waals surface area contributed by atoms with Gasteiger partial charge in [-0.25, -0.2) is 4.79 Å². The Hall–Kier alpha value is -3.98. The first-order valence-electron chi connectivity index (χ1n) is 12.8. The predicted octanol–water partition coefficient (Wildman–Crippen LogP) is 7.35. The number of hydrogen-bond donors (Lipinski definition) is 2. The van der Waals surface area contributed by atoms with Crippen LogP contribution in [0.4, 0.5) is 23.7 Å². The van der Waals surface area contributed by atoms with E-state index in [1.807, 2.05) is 30.5 Å². The Balaban J connectivity index is 1.53. The van der Waals surface area contributed by atoms with Gasteiger partial charge in [-0.1, -0.05) is 48.0 Å². The average Bonchev–Trinajstić information content (AvgIpc) is 3.32. The number of halogens is 4. The quantitative estimate of drug-likeness (QED) is 0.221. The third kappa shape index (κ3) is 7.35. The predicted molar refractivity (Wildman–Crippen MR) is 151 cm³/mol. The van der Waals surface area contributed by atoms with Gasteiger partial charge in [0.25, 0.3) is 0 Å². The fourth-order valence-corrected chi connectivity index (χ4v) is 4.59. The van der Waals surface area contributed by atoms with Crippen LogP contribution < -0.4 is 5.32 Å². The zero-order chi connectivity index (χ0) is 28.9. The number of aromatic amines is 1. The second kappa shape index (κ2) is 12.5. The van der Waals surface area contributed by atoms with Crippen molar-refractivity contribution in [2.24, 2.45) is 0 Å². The van der Waals surface area contributed by atoms with Crippen LogP contribution >= 0.6 is 11.6 Å². The number of nitrogens with zero attached hydrogens (tertiary/aromatic N) is 2. The van der Waals surface area contributed by atoms with Crippen molar-refractivity contribution in [1.29, 1.82) is 0 Å². The lowest BCUT2D eigenvalue weighted by Crippen LogP contribution is -2.47. The van der Waals surface area contributed by atoms with Crippen molar-refractivity contribution < 1.29 is 22.8 Å². The van der Waals surface area contributed by atoms with Crippen LogP contribution in [-0.4, -0.2) is 45.9 Å². The first kappa shape index (κ1) is 29.0. The van der Waals surface area contributed by atoms with Gasteiger partial charge in [-0.15, -0.1) is 0 Å². The summed E-state index contributed by atoms with van der Waals surface area (Å²) < 4.78 is 39.2. The number of fused-ring (bicyclic) bond motifs is 1. The molecule has 0 aliphatic heterocycles. The molecule has 0 unspecified atom stereocenters. The fourth-order valence-electron chi connectivity index (χ4n) is 4.40. The molecule has 4 aromatic rings. The lowest BCUT2D eigenvalue weighted by molar-refractivity contribution is -0.137. The summed E-state index contributed by atoms with van der Waals surface area (Å²) in [6.07, 6.45) is -2.03. The number of carbonyl (C=O) groups excluding carboxylic acids is 2. The summed E-state index contributed by atoms with van der Waals surface area (Å²) in [4.78, 5) is 32.9. The van der Waals surface area contributed by atoms with Crippen LogP contribution in [0.3, 0.4) is 0 Å². The van der Waals surface area contributed by atoms with Gasteiger partial charge >= 0.3 is 12.2 Å². The van der Waals surface area contributed by atoms with Crippen LogP contribution in [-0.2, 0) is 23.9 Å². The second-order valence-electron chi connectivity index (χ2n) is 9.78. The summed E-state index contributed by atoms with van der Waals surface area (Å²) in [6, 6.07) is 18.5. The topological polar surface area (TPSA) is 68.4 Å². The zero-order valence-electron chi connectivity index (χ0n) is 22.1. The van der Waals surface area contributed by atoms with E-state index in [0.717, 1.165) is 28.6 Å². The molecule has 0 saturated carbocycles. The highest BCUT2D eigenvalue weighted by Crippen LogP contribution is 2.29. The van der Waals surface area contributed by atoms with Crippen molar-refractivity contribution in [3.05, 3.63) is 101 Å². The maximum absolute atomic E-state index is 13.6. The van der Waals surface area contributed by atoms with E-state index in [-0.39, 0.29) is 25.0 Å². The number of amides is 3. The van der Waals surface area contributed by atoms with Crippen molar-refractivity contribution in [2.45, 2.75) is 39.0 Å². The van der Waals surface area contributed by atoms with E-state index in [1.54, 1.807) is 43.0 Å². The Bertz CT molecular complexity index is 1470. The summed E-state index contributed by atoms with van der Waals surface area (Å²) in [5.74, 6) is -0.324. The minimum Gasteiger partial charge on any atom is -0.361 e. The van der Waals surface area contributed by atoms with E-state index < -0.39 is 17.8 Å². The van der Waals surface area contributed by atoms with E-state index in [9.17, 15) is 22.8 Å². The molecule has 2 N–H and O–H groups in total. The van der Waals surface area contributed by atoms with Gasteiger partial charge in [-0.3, -0.25) is 4.79 Å². The third-order valence-corrected chi connectivity index (χ3v) is 6.83. The second-order valence-corrected chi connectivity index (χ2v) is 10.2. The molecule has 0 spiro atoms. The van der Waals surface area contributed by atoms with E-state index in [2.05, 4.69) is 10.3 Å². The average molecular weight is 571 g/mol. The van der Waals surface area contributed by atoms with Gasteiger partial charge in [-0.2, -0.15) is 13.2 Å². The zero-order valence-corrected chi connectivity index (χ0v) is 22.9. The Morgan fingerprint density at radius 3 is 2.40 bits per heavy atom. The number of anilines is 1. The number of rotatable bonds is 9. The smallest absolute Gasteiger partial charge is 0.361 e. The third-order valence-electron chi connectivity index (χ3n) is 6.60. The first-order chi connectivity index (χ1) is 19.0. The van der Waals surface area contributed by atoms with Gasteiger partial charge in [0.2, 0.25) is 5.91 Å². The maximum Gasteiger partial charge on any atom is 0.416 e. The lowest BCUT2D eigenvalue weighted by Gasteiger charge is -2.30. The molecule has 0 atom stereocenters. The molecule has 0 fully saturated rings. The Morgan fingerprint density at radius 2 is 1.73 bits per heavy atom. The van der Waals surface area contributed by atoms with Crippen LogP contribution in [0.2, 0.25) is 5.02 Å². The van der Waals surface area contributed by atoms with Gasteiger partial charge in [0.1, 0.15) is 6.54 Å². The maximum atomic E-state index is 13.6. The van der Waals surface area contributed by atoms with E-state index in [1.165, 1.54) is 17.0 Å². The molecule has 3 amide bonds. The van der Waals surface area contributed by atoms with Crippen LogP contribution in [0.5, 0.6) is 0 Å². The number of urea groups is 1. The number of hydrogen-bond acceptors (Lipinski definition) is 2. The van der Waals surface area contributed by atoms with E-state index >= 15 is 0 Å². The molecular formula is C30H30ClF3N4O2. The summed E-state index contributed by atoms with van der Waals surface area (Å²) in [5.41, 5.74) is 2.29. The molecule has 1 heterocycles. The molecule has 4 rings (SSSR count). The highest BCUT2D eigenvalue weighted by atomic mass is 35.5.